The molecule has 1 fully saturated rings. The number of carbonyl (C=O) groups excluding carboxylic acids is 2. The molecule has 1 aliphatic heterocycles. The quantitative estimate of drug-likeness (QED) is 0.337. The minimum atomic E-state index is -0.237. The van der Waals surface area contributed by atoms with Crippen LogP contribution in [-0.2, 0) is 0 Å². The monoisotopic (exact) mass is 494 g/mol. The average molecular weight is 495 g/mol. The largest absolute Gasteiger partial charge is 0.492 e. The van der Waals surface area contributed by atoms with E-state index in [2.05, 4.69) is 20.5 Å². The molecule has 0 spiro atoms. The van der Waals surface area contributed by atoms with Crippen molar-refractivity contribution in [3.63, 3.8) is 0 Å². The van der Waals surface area contributed by atoms with Crippen LogP contribution in [0.1, 0.15) is 39.1 Å². The van der Waals surface area contributed by atoms with Gasteiger partial charge in [0.1, 0.15) is 12.4 Å². The van der Waals surface area contributed by atoms with E-state index < -0.39 is 0 Å². The normalized spacial score (nSPS) is 13.4. The van der Waals surface area contributed by atoms with Crippen LogP contribution in [0.3, 0.4) is 0 Å². The Labute approximate surface area is 216 Å². The standard InChI is InChI=1S/C30H30N4O3/c1-21-9-11-25(32-29(35)24-10-12-27-22(18-24)7-5-13-31-27)20-28(21)33-30(36)23-6-4-8-26(19-23)37-17-16-34-14-2-3-15-34/h4-13,18-20H,2-3,14-17H2,1H3,(H,32,35)(H,33,36). The Bertz CT molecular complexity index is 1430. The second-order valence-electron chi connectivity index (χ2n) is 9.27. The zero-order valence-corrected chi connectivity index (χ0v) is 20.9. The average Bonchev–Trinajstić information content (AvgIpc) is 3.44. The summed E-state index contributed by atoms with van der Waals surface area (Å²) >= 11 is 0. The Kier molecular flexibility index (Phi) is 7.42. The van der Waals surface area contributed by atoms with Crippen molar-refractivity contribution in [2.24, 2.45) is 0 Å². The summed E-state index contributed by atoms with van der Waals surface area (Å²) < 4.78 is 5.89. The number of nitrogens with zero attached hydrogens (tertiary/aromatic N) is 2. The van der Waals surface area contributed by atoms with E-state index in [1.165, 1.54) is 12.8 Å². The van der Waals surface area contributed by atoms with Gasteiger partial charge in [0.25, 0.3) is 11.8 Å². The summed E-state index contributed by atoms with van der Waals surface area (Å²) in [5, 5.41) is 6.79. The van der Waals surface area contributed by atoms with E-state index in [-0.39, 0.29) is 11.8 Å². The van der Waals surface area contributed by atoms with E-state index in [1.807, 2.05) is 55.5 Å². The zero-order valence-electron chi connectivity index (χ0n) is 20.9. The van der Waals surface area contributed by atoms with Crippen LogP contribution < -0.4 is 15.4 Å². The highest BCUT2D eigenvalue weighted by atomic mass is 16.5. The lowest BCUT2D eigenvalue weighted by Gasteiger charge is -2.15. The van der Waals surface area contributed by atoms with E-state index in [0.29, 0.717) is 34.9 Å². The molecule has 0 unspecified atom stereocenters. The van der Waals surface area contributed by atoms with Gasteiger partial charge in [0.2, 0.25) is 0 Å². The molecule has 188 valence electrons. The predicted octanol–water partition coefficient (Wildman–Crippen LogP) is 5.52. The van der Waals surface area contributed by atoms with Gasteiger partial charge in [0.15, 0.2) is 0 Å². The molecule has 7 nitrogen and oxygen atoms in total. The summed E-state index contributed by atoms with van der Waals surface area (Å²) in [5.74, 6) is 0.208. The maximum Gasteiger partial charge on any atom is 0.255 e. The number of pyridine rings is 1. The van der Waals surface area contributed by atoms with Gasteiger partial charge in [-0.1, -0.05) is 18.2 Å². The highest BCUT2D eigenvalue weighted by molar-refractivity contribution is 6.07. The third kappa shape index (κ3) is 6.13. The van der Waals surface area contributed by atoms with Crippen molar-refractivity contribution in [3.05, 3.63) is 95.7 Å². The smallest absolute Gasteiger partial charge is 0.255 e. The molecule has 0 saturated carbocycles. The Morgan fingerprint density at radius 2 is 1.70 bits per heavy atom. The zero-order chi connectivity index (χ0) is 25.6. The minimum Gasteiger partial charge on any atom is -0.492 e. The molecule has 1 saturated heterocycles. The lowest BCUT2D eigenvalue weighted by Crippen LogP contribution is -2.25. The van der Waals surface area contributed by atoms with Gasteiger partial charge in [0.05, 0.1) is 5.52 Å². The Morgan fingerprint density at radius 3 is 2.57 bits per heavy atom. The first kappa shape index (κ1) is 24.5. The number of benzene rings is 3. The van der Waals surface area contributed by atoms with Gasteiger partial charge in [-0.05, 0) is 93.0 Å². The van der Waals surface area contributed by atoms with E-state index in [0.717, 1.165) is 36.1 Å². The molecule has 0 bridgehead atoms. The number of rotatable bonds is 8. The maximum absolute atomic E-state index is 13.0. The molecule has 0 atom stereocenters. The van der Waals surface area contributed by atoms with Crippen LogP contribution in [0.5, 0.6) is 5.75 Å². The molecule has 0 radical (unpaired) electrons. The second kappa shape index (κ2) is 11.2. The number of hydrogen-bond acceptors (Lipinski definition) is 5. The van der Waals surface area contributed by atoms with Crippen LogP contribution in [-0.4, -0.2) is 47.9 Å². The number of likely N-dealkylation sites (tertiary alicyclic amines) is 1. The van der Waals surface area contributed by atoms with Crippen molar-refractivity contribution in [1.82, 2.24) is 9.88 Å². The third-order valence-electron chi connectivity index (χ3n) is 6.58. The fourth-order valence-electron chi connectivity index (χ4n) is 4.47. The molecule has 5 rings (SSSR count). The number of anilines is 2. The van der Waals surface area contributed by atoms with Crippen LogP contribution >= 0.6 is 0 Å². The first-order valence-electron chi connectivity index (χ1n) is 12.6. The van der Waals surface area contributed by atoms with E-state index >= 15 is 0 Å². The molecule has 2 heterocycles. The molecule has 1 aromatic heterocycles. The van der Waals surface area contributed by atoms with Crippen molar-refractivity contribution in [1.29, 1.82) is 0 Å². The SMILES string of the molecule is Cc1ccc(NC(=O)c2ccc3ncccc3c2)cc1NC(=O)c1cccc(OCCN2CCCC2)c1. The lowest BCUT2D eigenvalue weighted by molar-refractivity contribution is 0.101. The molecule has 2 amide bonds. The fraction of sp³-hybridized carbons (Fsp3) is 0.233. The molecular weight excluding hydrogens is 464 g/mol. The van der Waals surface area contributed by atoms with E-state index in [4.69, 9.17) is 4.74 Å². The molecule has 37 heavy (non-hydrogen) atoms. The number of nitrogens with one attached hydrogen (secondary N) is 2. The highest BCUT2D eigenvalue weighted by Gasteiger charge is 2.13. The molecular formula is C30H30N4O3. The number of hydrogen-bond donors (Lipinski definition) is 2. The summed E-state index contributed by atoms with van der Waals surface area (Å²) in [7, 11) is 0. The van der Waals surface area contributed by atoms with Gasteiger partial charge >= 0.3 is 0 Å². The third-order valence-corrected chi connectivity index (χ3v) is 6.58. The van der Waals surface area contributed by atoms with Crippen LogP contribution in [0.25, 0.3) is 10.9 Å². The number of carbonyl (C=O) groups is 2. The van der Waals surface area contributed by atoms with Gasteiger partial charge in [-0.2, -0.15) is 0 Å². The molecule has 3 aromatic carbocycles. The number of amides is 2. The van der Waals surface area contributed by atoms with E-state index in [1.54, 1.807) is 30.5 Å². The van der Waals surface area contributed by atoms with Gasteiger partial charge in [-0.3, -0.25) is 19.5 Å². The Balaban J connectivity index is 1.23. The van der Waals surface area contributed by atoms with Crippen molar-refractivity contribution in [3.8, 4) is 5.75 Å². The molecule has 7 heteroatoms. The van der Waals surface area contributed by atoms with Crippen molar-refractivity contribution in [2.45, 2.75) is 19.8 Å². The summed E-state index contributed by atoms with van der Waals surface area (Å²) in [6, 6.07) is 21.8. The van der Waals surface area contributed by atoms with Crippen LogP contribution in [0.4, 0.5) is 11.4 Å². The summed E-state index contributed by atoms with van der Waals surface area (Å²) in [6.07, 6.45) is 4.23. The van der Waals surface area contributed by atoms with Gasteiger partial charge in [-0.15, -0.1) is 0 Å². The lowest BCUT2D eigenvalue weighted by atomic mass is 10.1. The molecule has 0 aliphatic carbocycles. The second-order valence-corrected chi connectivity index (χ2v) is 9.27. The minimum absolute atomic E-state index is 0.231. The van der Waals surface area contributed by atoms with Crippen molar-refractivity contribution in [2.75, 3.05) is 36.9 Å². The Morgan fingerprint density at radius 1 is 0.892 bits per heavy atom. The topological polar surface area (TPSA) is 83.6 Å². The Hall–Kier alpha value is -4.23. The van der Waals surface area contributed by atoms with Crippen LogP contribution in [0.2, 0.25) is 0 Å². The van der Waals surface area contributed by atoms with E-state index in [9.17, 15) is 9.59 Å². The van der Waals surface area contributed by atoms with Crippen LogP contribution in [0.15, 0.2) is 79.0 Å². The molecule has 2 N–H and O–H groups in total. The number of aryl methyl sites for hydroxylation is 1. The van der Waals surface area contributed by atoms with Crippen LogP contribution in [0, 0.1) is 6.92 Å². The van der Waals surface area contributed by atoms with Crippen molar-refractivity contribution < 1.29 is 14.3 Å². The number of ether oxygens (including phenoxy) is 1. The molecule has 4 aromatic rings. The van der Waals surface area contributed by atoms with Gasteiger partial charge in [-0.25, -0.2) is 0 Å². The van der Waals surface area contributed by atoms with Crippen molar-refractivity contribution >= 4 is 34.1 Å². The predicted molar refractivity (Wildman–Crippen MR) is 146 cm³/mol. The molecule has 1 aliphatic rings. The highest BCUT2D eigenvalue weighted by Crippen LogP contribution is 2.23. The summed E-state index contributed by atoms with van der Waals surface area (Å²) in [5.41, 5.74) is 3.99. The summed E-state index contributed by atoms with van der Waals surface area (Å²) in [4.78, 5) is 32.6. The first-order chi connectivity index (χ1) is 18.0. The number of fused-ring (bicyclic) bond motifs is 1. The number of aromatic nitrogens is 1. The summed E-state index contributed by atoms with van der Waals surface area (Å²) in [6.45, 7) is 5.66. The van der Waals surface area contributed by atoms with Gasteiger partial charge < -0.3 is 15.4 Å². The first-order valence-corrected chi connectivity index (χ1v) is 12.6. The van der Waals surface area contributed by atoms with Gasteiger partial charge in [0, 0.05) is 40.6 Å². The fourth-order valence-corrected chi connectivity index (χ4v) is 4.47. The maximum atomic E-state index is 13.0.